The molecule has 0 saturated carbocycles. The summed E-state index contributed by atoms with van der Waals surface area (Å²) in [5, 5.41) is 5.39. The zero-order chi connectivity index (χ0) is 18.1. The van der Waals surface area contributed by atoms with Gasteiger partial charge in [0.1, 0.15) is 5.75 Å². The Morgan fingerprint density at radius 2 is 1.68 bits per heavy atom. The molecule has 0 bridgehead atoms. The van der Waals surface area contributed by atoms with Gasteiger partial charge < -0.3 is 15.4 Å². The van der Waals surface area contributed by atoms with Crippen molar-refractivity contribution in [2.45, 2.75) is 26.2 Å². The number of ether oxygens (including phenoxy) is 1. The summed E-state index contributed by atoms with van der Waals surface area (Å²) >= 11 is 0. The third-order valence-electron chi connectivity index (χ3n) is 3.77. The summed E-state index contributed by atoms with van der Waals surface area (Å²) in [4.78, 5) is 24.1. The van der Waals surface area contributed by atoms with Gasteiger partial charge in [-0.15, -0.1) is 0 Å². The highest BCUT2D eigenvalue weighted by Crippen LogP contribution is 2.20. The van der Waals surface area contributed by atoms with E-state index in [1.807, 2.05) is 12.1 Å². The number of carbonyl (C=O) groups is 2. The average molecular weight is 340 g/mol. The van der Waals surface area contributed by atoms with Crippen molar-refractivity contribution >= 4 is 17.5 Å². The minimum Gasteiger partial charge on any atom is -0.493 e. The van der Waals surface area contributed by atoms with E-state index in [9.17, 15) is 9.59 Å². The maximum Gasteiger partial charge on any atom is 0.259 e. The van der Waals surface area contributed by atoms with E-state index >= 15 is 0 Å². The van der Waals surface area contributed by atoms with Crippen LogP contribution in [0, 0.1) is 0 Å². The van der Waals surface area contributed by atoms with Gasteiger partial charge in [-0.05, 0) is 42.8 Å². The normalized spacial score (nSPS) is 10.2. The molecule has 0 unspecified atom stereocenters. The van der Waals surface area contributed by atoms with E-state index in [4.69, 9.17) is 4.74 Å². The monoisotopic (exact) mass is 340 g/mol. The van der Waals surface area contributed by atoms with Crippen molar-refractivity contribution in [3.8, 4) is 5.75 Å². The second kappa shape index (κ2) is 9.47. The summed E-state index contributed by atoms with van der Waals surface area (Å²) in [7, 11) is 1.58. The third kappa shape index (κ3) is 5.35. The van der Waals surface area contributed by atoms with E-state index in [1.54, 1.807) is 43.4 Å². The lowest BCUT2D eigenvalue weighted by molar-refractivity contribution is 0.0962. The second-order valence-electron chi connectivity index (χ2n) is 5.66. The summed E-state index contributed by atoms with van der Waals surface area (Å²) in [5.74, 6) is 0.181. The fraction of sp³-hybridized carbons (Fsp3) is 0.300. The van der Waals surface area contributed by atoms with E-state index < -0.39 is 0 Å². The zero-order valence-corrected chi connectivity index (χ0v) is 14.7. The van der Waals surface area contributed by atoms with Crippen LogP contribution in [0.15, 0.2) is 48.5 Å². The SMILES string of the molecule is CCCCCOc1ccccc1C(=O)Nc1ccc(C(=O)NC)cc1. The lowest BCUT2D eigenvalue weighted by Gasteiger charge is -2.12. The number of anilines is 1. The Morgan fingerprint density at radius 3 is 2.36 bits per heavy atom. The first kappa shape index (κ1) is 18.5. The summed E-state index contributed by atoms with van der Waals surface area (Å²) in [5.41, 5.74) is 1.66. The second-order valence-corrected chi connectivity index (χ2v) is 5.66. The first-order valence-corrected chi connectivity index (χ1v) is 8.51. The Hall–Kier alpha value is -2.82. The van der Waals surface area contributed by atoms with Crippen LogP contribution in [0.25, 0.3) is 0 Å². The molecule has 0 aliphatic carbocycles. The van der Waals surface area contributed by atoms with Crippen molar-refractivity contribution in [3.63, 3.8) is 0 Å². The number of hydrogen-bond acceptors (Lipinski definition) is 3. The molecule has 2 amide bonds. The maximum absolute atomic E-state index is 12.5. The van der Waals surface area contributed by atoms with Crippen LogP contribution in [-0.4, -0.2) is 25.5 Å². The lowest BCUT2D eigenvalue weighted by Crippen LogP contribution is -2.18. The van der Waals surface area contributed by atoms with Crippen LogP contribution in [0.1, 0.15) is 46.9 Å². The summed E-state index contributed by atoms with van der Waals surface area (Å²) in [6.45, 7) is 2.73. The molecule has 0 atom stereocenters. The molecule has 5 heteroatoms. The molecule has 0 radical (unpaired) electrons. The van der Waals surface area contributed by atoms with Crippen molar-refractivity contribution < 1.29 is 14.3 Å². The number of para-hydroxylation sites is 1. The maximum atomic E-state index is 12.5. The smallest absolute Gasteiger partial charge is 0.259 e. The largest absolute Gasteiger partial charge is 0.493 e. The molecule has 2 N–H and O–H groups in total. The molecule has 0 aliphatic rings. The number of unbranched alkanes of at least 4 members (excludes halogenated alkanes) is 2. The van der Waals surface area contributed by atoms with Crippen LogP contribution in [0.3, 0.4) is 0 Å². The zero-order valence-electron chi connectivity index (χ0n) is 14.7. The van der Waals surface area contributed by atoms with Crippen LogP contribution < -0.4 is 15.4 Å². The number of carbonyl (C=O) groups excluding carboxylic acids is 2. The van der Waals surface area contributed by atoms with Gasteiger partial charge in [0.2, 0.25) is 0 Å². The predicted molar refractivity (Wildman–Crippen MR) is 99.2 cm³/mol. The van der Waals surface area contributed by atoms with Crippen molar-refractivity contribution in [1.29, 1.82) is 0 Å². The van der Waals surface area contributed by atoms with Gasteiger partial charge in [-0.3, -0.25) is 9.59 Å². The molecule has 2 aromatic carbocycles. The summed E-state index contributed by atoms with van der Waals surface area (Å²) < 4.78 is 5.75. The van der Waals surface area contributed by atoms with Crippen molar-refractivity contribution in [2.75, 3.05) is 19.0 Å². The van der Waals surface area contributed by atoms with Crippen LogP contribution in [0.5, 0.6) is 5.75 Å². The quantitative estimate of drug-likeness (QED) is 0.717. The summed E-state index contributed by atoms with van der Waals surface area (Å²) in [6.07, 6.45) is 3.19. The van der Waals surface area contributed by atoms with Crippen LogP contribution in [0.4, 0.5) is 5.69 Å². The number of rotatable bonds is 8. The first-order chi connectivity index (χ1) is 12.2. The van der Waals surface area contributed by atoms with E-state index in [1.165, 1.54) is 0 Å². The fourth-order valence-electron chi connectivity index (χ4n) is 2.36. The molecule has 0 fully saturated rings. The molecule has 0 spiro atoms. The van der Waals surface area contributed by atoms with Crippen molar-refractivity contribution in [1.82, 2.24) is 5.32 Å². The number of hydrogen-bond donors (Lipinski definition) is 2. The molecule has 0 aliphatic heterocycles. The van der Waals surface area contributed by atoms with Gasteiger partial charge in [0.05, 0.1) is 12.2 Å². The Labute approximate surface area is 148 Å². The first-order valence-electron chi connectivity index (χ1n) is 8.51. The van der Waals surface area contributed by atoms with Crippen LogP contribution >= 0.6 is 0 Å². The number of amides is 2. The standard InChI is InChI=1S/C20H24N2O3/c1-3-4-7-14-25-18-9-6-5-8-17(18)20(24)22-16-12-10-15(11-13-16)19(23)21-2/h5-6,8-13H,3-4,7,14H2,1-2H3,(H,21,23)(H,22,24). The van der Waals surface area contributed by atoms with E-state index in [0.29, 0.717) is 29.2 Å². The van der Waals surface area contributed by atoms with Gasteiger partial charge >= 0.3 is 0 Å². The molecule has 0 saturated heterocycles. The Kier molecular flexibility index (Phi) is 7.01. The highest BCUT2D eigenvalue weighted by Gasteiger charge is 2.12. The molecule has 5 nitrogen and oxygen atoms in total. The molecular weight excluding hydrogens is 316 g/mol. The minimum absolute atomic E-state index is 0.163. The van der Waals surface area contributed by atoms with Gasteiger partial charge in [-0.25, -0.2) is 0 Å². The van der Waals surface area contributed by atoms with E-state index in [0.717, 1.165) is 19.3 Å². The van der Waals surface area contributed by atoms with Crippen LogP contribution in [-0.2, 0) is 0 Å². The molecule has 132 valence electrons. The highest BCUT2D eigenvalue weighted by atomic mass is 16.5. The average Bonchev–Trinajstić information content (AvgIpc) is 2.65. The van der Waals surface area contributed by atoms with E-state index in [-0.39, 0.29) is 11.8 Å². The topological polar surface area (TPSA) is 67.4 Å². The highest BCUT2D eigenvalue weighted by molar-refractivity contribution is 6.06. The number of nitrogens with one attached hydrogen (secondary N) is 2. The van der Waals surface area contributed by atoms with Crippen molar-refractivity contribution in [3.05, 3.63) is 59.7 Å². The fourth-order valence-corrected chi connectivity index (χ4v) is 2.36. The Morgan fingerprint density at radius 1 is 0.960 bits per heavy atom. The third-order valence-corrected chi connectivity index (χ3v) is 3.77. The number of benzene rings is 2. The molecule has 2 rings (SSSR count). The van der Waals surface area contributed by atoms with Crippen LogP contribution in [0.2, 0.25) is 0 Å². The van der Waals surface area contributed by atoms with E-state index in [2.05, 4.69) is 17.6 Å². The van der Waals surface area contributed by atoms with Gasteiger partial charge in [0.25, 0.3) is 11.8 Å². The Bertz CT molecular complexity index is 711. The van der Waals surface area contributed by atoms with Gasteiger partial charge in [-0.2, -0.15) is 0 Å². The Balaban J connectivity index is 2.04. The van der Waals surface area contributed by atoms with Gasteiger partial charge in [-0.1, -0.05) is 31.9 Å². The van der Waals surface area contributed by atoms with Crippen molar-refractivity contribution in [2.24, 2.45) is 0 Å². The lowest BCUT2D eigenvalue weighted by atomic mass is 10.1. The summed E-state index contributed by atoms with van der Waals surface area (Å²) in [6, 6.07) is 13.9. The van der Waals surface area contributed by atoms with Gasteiger partial charge in [0.15, 0.2) is 0 Å². The molecular formula is C20H24N2O3. The molecule has 2 aromatic rings. The molecule has 0 heterocycles. The molecule has 25 heavy (non-hydrogen) atoms. The van der Waals surface area contributed by atoms with Gasteiger partial charge in [0, 0.05) is 18.3 Å². The predicted octanol–water partition coefficient (Wildman–Crippen LogP) is 3.87. The molecule has 0 aromatic heterocycles. The minimum atomic E-state index is -0.237.